The number of carbonyl (C=O) groups is 1. The molecule has 0 saturated carbocycles. The second-order valence-corrected chi connectivity index (χ2v) is 4.50. The van der Waals surface area contributed by atoms with Crippen LogP contribution in [0.2, 0.25) is 0 Å². The summed E-state index contributed by atoms with van der Waals surface area (Å²) in [6.45, 7) is 5.90. The largest absolute Gasteiger partial charge is 0.294 e. The molecule has 0 unspecified atom stereocenters. The Hall–Kier alpha value is -1.63. The van der Waals surface area contributed by atoms with Crippen LogP contribution in [0.25, 0.3) is 10.8 Å². The van der Waals surface area contributed by atoms with E-state index in [9.17, 15) is 4.79 Å². The first-order valence-corrected chi connectivity index (χ1v) is 5.64. The highest BCUT2D eigenvalue weighted by Crippen LogP contribution is 2.24. The standard InChI is InChI=1S/C15H16O/c1-10(2)15(16)14-11(3)8-9-12-6-4-5-7-13(12)14/h4-10H,1-3H3. The maximum atomic E-state index is 12.2. The molecular formula is C15H16O. The predicted molar refractivity (Wildman–Crippen MR) is 67.9 cm³/mol. The van der Waals surface area contributed by atoms with Gasteiger partial charge in [-0.1, -0.05) is 50.2 Å². The van der Waals surface area contributed by atoms with Crippen molar-refractivity contribution in [2.75, 3.05) is 0 Å². The fourth-order valence-corrected chi connectivity index (χ4v) is 2.00. The van der Waals surface area contributed by atoms with Gasteiger partial charge >= 0.3 is 0 Å². The van der Waals surface area contributed by atoms with Gasteiger partial charge in [-0.05, 0) is 23.3 Å². The zero-order valence-electron chi connectivity index (χ0n) is 9.95. The van der Waals surface area contributed by atoms with Gasteiger partial charge < -0.3 is 0 Å². The Morgan fingerprint density at radius 1 is 1.06 bits per heavy atom. The third-order valence-corrected chi connectivity index (χ3v) is 2.91. The van der Waals surface area contributed by atoms with E-state index in [4.69, 9.17) is 0 Å². The number of hydrogen-bond acceptors (Lipinski definition) is 1. The minimum absolute atomic E-state index is 0.0458. The normalized spacial score (nSPS) is 11.0. The first-order valence-electron chi connectivity index (χ1n) is 5.64. The van der Waals surface area contributed by atoms with Crippen LogP contribution in [0, 0.1) is 12.8 Å². The summed E-state index contributed by atoms with van der Waals surface area (Å²) in [5.74, 6) is 0.277. The third kappa shape index (κ3) is 1.73. The Morgan fingerprint density at radius 2 is 1.75 bits per heavy atom. The van der Waals surface area contributed by atoms with Crippen LogP contribution < -0.4 is 0 Å². The van der Waals surface area contributed by atoms with Crippen LogP contribution in [0.3, 0.4) is 0 Å². The highest BCUT2D eigenvalue weighted by molar-refractivity contribution is 6.10. The zero-order chi connectivity index (χ0) is 11.7. The minimum atomic E-state index is 0.0458. The van der Waals surface area contributed by atoms with E-state index < -0.39 is 0 Å². The van der Waals surface area contributed by atoms with Crippen molar-refractivity contribution in [3.63, 3.8) is 0 Å². The first kappa shape index (κ1) is 10.9. The molecule has 0 radical (unpaired) electrons. The highest BCUT2D eigenvalue weighted by atomic mass is 16.1. The summed E-state index contributed by atoms with van der Waals surface area (Å²) >= 11 is 0. The molecule has 0 aliphatic carbocycles. The predicted octanol–water partition coefficient (Wildman–Crippen LogP) is 3.99. The van der Waals surface area contributed by atoms with Gasteiger partial charge in [0.15, 0.2) is 5.78 Å². The molecule has 0 aromatic heterocycles. The number of carbonyl (C=O) groups excluding carboxylic acids is 1. The van der Waals surface area contributed by atoms with Crippen molar-refractivity contribution in [2.45, 2.75) is 20.8 Å². The Morgan fingerprint density at radius 3 is 2.44 bits per heavy atom. The molecule has 2 aromatic carbocycles. The maximum absolute atomic E-state index is 12.2. The van der Waals surface area contributed by atoms with Crippen molar-refractivity contribution >= 4 is 16.6 Å². The van der Waals surface area contributed by atoms with Crippen LogP contribution in [0.1, 0.15) is 29.8 Å². The molecule has 0 aliphatic rings. The number of ketones is 1. The van der Waals surface area contributed by atoms with Crippen LogP contribution in [0.15, 0.2) is 36.4 Å². The Labute approximate surface area is 96.1 Å². The average Bonchev–Trinajstić information content (AvgIpc) is 2.28. The maximum Gasteiger partial charge on any atom is 0.166 e. The Bertz CT molecular complexity index is 538. The molecule has 0 N–H and O–H groups in total. The molecule has 0 amide bonds. The molecule has 0 spiro atoms. The van der Waals surface area contributed by atoms with Gasteiger partial charge in [0.2, 0.25) is 0 Å². The van der Waals surface area contributed by atoms with Crippen molar-refractivity contribution in [3.8, 4) is 0 Å². The molecule has 2 aromatic rings. The van der Waals surface area contributed by atoms with Gasteiger partial charge in [0.25, 0.3) is 0 Å². The van der Waals surface area contributed by atoms with Gasteiger partial charge in [0, 0.05) is 11.5 Å². The second-order valence-electron chi connectivity index (χ2n) is 4.50. The van der Waals surface area contributed by atoms with Crippen LogP contribution in [0.4, 0.5) is 0 Å². The number of fused-ring (bicyclic) bond motifs is 1. The molecule has 0 heterocycles. The summed E-state index contributed by atoms with van der Waals surface area (Å²) in [7, 11) is 0. The Kier molecular flexibility index (Phi) is 2.78. The van der Waals surface area contributed by atoms with Crippen molar-refractivity contribution in [1.82, 2.24) is 0 Å². The van der Waals surface area contributed by atoms with Gasteiger partial charge in [-0.3, -0.25) is 4.79 Å². The van der Waals surface area contributed by atoms with Gasteiger partial charge in [-0.15, -0.1) is 0 Å². The molecule has 1 nitrogen and oxygen atoms in total. The molecule has 16 heavy (non-hydrogen) atoms. The summed E-state index contributed by atoms with van der Waals surface area (Å²) in [6, 6.07) is 12.2. The van der Waals surface area contributed by atoms with E-state index in [1.807, 2.05) is 51.1 Å². The zero-order valence-corrected chi connectivity index (χ0v) is 9.95. The van der Waals surface area contributed by atoms with E-state index in [0.29, 0.717) is 0 Å². The molecule has 0 saturated heterocycles. The molecule has 0 atom stereocenters. The van der Waals surface area contributed by atoms with Crippen LogP contribution in [-0.2, 0) is 0 Å². The molecule has 0 fully saturated rings. The number of rotatable bonds is 2. The lowest BCUT2D eigenvalue weighted by Gasteiger charge is -2.11. The van der Waals surface area contributed by atoms with E-state index in [0.717, 1.165) is 21.9 Å². The van der Waals surface area contributed by atoms with E-state index in [1.165, 1.54) is 0 Å². The molecule has 0 bridgehead atoms. The fourth-order valence-electron chi connectivity index (χ4n) is 2.00. The van der Waals surface area contributed by atoms with Crippen molar-refractivity contribution in [3.05, 3.63) is 47.5 Å². The minimum Gasteiger partial charge on any atom is -0.294 e. The van der Waals surface area contributed by atoms with Gasteiger partial charge in [0.1, 0.15) is 0 Å². The van der Waals surface area contributed by atoms with Crippen LogP contribution in [-0.4, -0.2) is 5.78 Å². The fraction of sp³-hybridized carbons (Fsp3) is 0.267. The lowest BCUT2D eigenvalue weighted by Crippen LogP contribution is -2.09. The summed E-state index contributed by atoms with van der Waals surface area (Å²) in [5.41, 5.74) is 1.95. The average molecular weight is 212 g/mol. The topological polar surface area (TPSA) is 17.1 Å². The monoisotopic (exact) mass is 212 g/mol. The van der Waals surface area contributed by atoms with E-state index in [1.54, 1.807) is 0 Å². The summed E-state index contributed by atoms with van der Waals surface area (Å²) in [4.78, 5) is 12.2. The summed E-state index contributed by atoms with van der Waals surface area (Å²) < 4.78 is 0. The number of benzene rings is 2. The lowest BCUT2D eigenvalue weighted by atomic mass is 9.92. The SMILES string of the molecule is Cc1ccc2ccccc2c1C(=O)C(C)C. The van der Waals surface area contributed by atoms with Crippen molar-refractivity contribution in [1.29, 1.82) is 0 Å². The van der Waals surface area contributed by atoms with Crippen LogP contribution >= 0.6 is 0 Å². The smallest absolute Gasteiger partial charge is 0.166 e. The molecule has 82 valence electrons. The van der Waals surface area contributed by atoms with E-state index >= 15 is 0 Å². The highest BCUT2D eigenvalue weighted by Gasteiger charge is 2.15. The van der Waals surface area contributed by atoms with Gasteiger partial charge in [-0.25, -0.2) is 0 Å². The van der Waals surface area contributed by atoms with Gasteiger partial charge in [-0.2, -0.15) is 0 Å². The molecule has 0 aliphatic heterocycles. The molecule has 1 heteroatoms. The van der Waals surface area contributed by atoms with Crippen LogP contribution in [0.5, 0.6) is 0 Å². The second kappa shape index (κ2) is 4.09. The first-order chi connectivity index (χ1) is 7.61. The van der Waals surface area contributed by atoms with Crippen molar-refractivity contribution < 1.29 is 4.79 Å². The lowest BCUT2D eigenvalue weighted by molar-refractivity contribution is 0.0940. The summed E-state index contributed by atoms with van der Waals surface area (Å²) in [6.07, 6.45) is 0. The van der Waals surface area contributed by atoms with Crippen molar-refractivity contribution in [2.24, 2.45) is 5.92 Å². The Balaban J connectivity index is 2.75. The molecular weight excluding hydrogens is 196 g/mol. The van der Waals surface area contributed by atoms with E-state index in [2.05, 4.69) is 6.07 Å². The number of hydrogen-bond donors (Lipinski definition) is 0. The third-order valence-electron chi connectivity index (χ3n) is 2.91. The van der Waals surface area contributed by atoms with E-state index in [-0.39, 0.29) is 11.7 Å². The number of Topliss-reactive ketones (excluding diaryl/α,β-unsaturated/α-hetero) is 1. The van der Waals surface area contributed by atoms with Gasteiger partial charge in [0.05, 0.1) is 0 Å². The summed E-state index contributed by atoms with van der Waals surface area (Å²) in [5, 5.41) is 2.21. The number of aryl methyl sites for hydroxylation is 1. The molecule has 2 rings (SSSR count). The quantitative estimate of drug-likeness (QED) is 0.688.